The van der Waals surface area contributed by atoms with Crippen molar-refractivity contribution in [1.29, 1.82) is 10.8 Å². The maximum absolute atomic E-state index is 8.26. The summed E-state index contributed by atoms with van der Waals surface area (Å²) < 4.78 is 6.64. The number of nitrogen functional groups attached to an aromatic ring is 1. The van der Waals surface area contributed by atoms with Crippen molar-refractivity contribution in [2.45, 2.75) is 0 Å². The van der Waals surface area contributed by atoms with Crippen LogP contribution in [0.5, 0.6) is 5.75 Å². The van der Waals surface area contributed by atoms with Crippen LogP contribution >= 0.6 is 0 Å². The lowest BCUT2D eigenvalue weighted by molar-refractivity contribution is 0.415. The quantitative estimate of drug-likeness (QED) is 0.268. The summed E-state index contributed by atoms with van der Waals surface area (Å²) in [5.41, 5.74) is 10.2. The summed E-state index contributed by atoms with van der Waals surface area (Å²) in [7, 11) is 3.57. The monoisotopic (exact) mass is 398 g/mol. The highest BCUT2D eigenvalue weighted by atomic mass is 16.5. The Kier molecular flexibility index (Phi) is 4.93. The second kappa shape index (κ2) is 7.71. The Morgan fingerprint density at radius 2 is 1.80 bits per heavy atom. The van der Waals surface area contributed by atoms with Crippen molar-refractivity contribution in [3.8, 4) is 16.9 Å². The number of hydrogen-bond acceptors (Lipinski definition) is 6. The van der Waals surface area contributed by atoms with E-state index in [0.29, 0.717) is 17.0 Å². The van der Waals surface area contributed by atoms with Gasteiger partial charge in [-0.05, 0) is 53.6 Å². The first-order valence-corrected chi connectivity index (χ1v) is 9.37. The van der Waals surface area contributed by atoms with Crippen molar-refractivity contribution in [3.63, 3.8) is 0 Å². The van der Waals surface area contributed by atoms with Crippen molar-refractivity contribution >= 4 is 34.4 Å². The number of fused-ring (bicyclic) bond motifs is 1. The Morgan fingerprint density at radius 3 is 2.50 bits per heavy atom. The van der Waals surface area contributed by atoms with E-state index in [-0.39, 0.29) is 5.62 Å². The average Bonchev–Trinajstić information content (AvgIpc) is 2.78. The summed E-state index contributed by atoms with van der Waals surface area (Å²) in [4.78, 5) is 6.39. The van der Waals surface area contributed by atoms with Gasteiger partial charge in [0.1, 0.15) is 11.6 Å². The normalized spacial score (nSPS) is 10.7. The molecule has 4 N–H and O–H groups in total. The Hall–Kier alpha value is -4.13. The lowest BCUT2D eigenvalue weighted by Gasteiger charge is -2.22. The number of benzene rings is 3. The molecule has 30 heavy (non-hydrogen) atoms. The number of nitrogens with two attached hydrogens (primary N) is 1. The molecule has 0 saturated carbocycles. The predicted molar refractivity (Wildman–Crippen MR) is 121 cm³/mol. The van der Waals surface area contributed by atoms with Gasteiger partial charge in [0.15, 0.2) is 0 Å². The van der Waals surface area contributed by atoms with E-state index in [1.54, 1.807) is 19.2 Å². The zero-order valence-electron chi connectivity index (χ0n) is 16.8. The molecule has 0 aliphatic carbocycles. The van der Waals surface area contributed by atoms with Gasteiger partial charge in [0, 0.05) is 23.8 Å². The number of anilines is 3. The number of nitrogens with zero attached hydrogens (tertiary/aromatic N) is 3. The van der Waals surface area contributed by atoms with Crippen LogP contribution in [0, 0.1) is 10.8 Å². The molecule has 0 spiro atoms. The van der Waals surface area contributed by atoms with Gasteiger partial charge < -0.3 is 15.4 Å². The largest absolute Gasteiger partial charge is 0.497 e. The zero-order chi connectivity index (χ0) is 21.3. The third-order valence-corrected chi connectivity index (χ3v) is 5.07. The third-order valence-electron chi connectivity index (χ3n) is 5.07. The summed E-state index contributed by atoms with van der Waals surface area (Å²) in [6.45, 7) is 0. The second-order valence-electron chi connectivity index (χ2n) is 6.87. The zero-order valence-corrected chi connectivity index (χ0v) is 16.8. The van der Waals surface area contributed by atoms with E-state index in [4.69, 9.17) is 21.3 Å². The van der Waals surface area contributed by atoms with Crippen LogP contribution in [0.2, 0.25) is 0 Å². The fraction of sp³-hybridized carbons (Fsp3) is 0.0870. The maximum Gasteiger partial charge on any atom is 0.229 e. The third kappa shape index (κ3) is 3.37. The number of rotatable bonds is 5. The van der Waals surface area contributed by atoms with Crippen LogP contribution in [0.1, 0.15) is 0 Å². The van der Waals surface area contributed by atoms with Crippen LogP contribution in [0.4, 0.5) is 17.2 Å². The van der Waals surface area contributed by atoms with Crippen LogP contribution in [-0.2, 0) is 0 Å². The van der Waals surface area contributed by atoms with Gasteiger partial charge in [-0.25, -0.2) is 0 Å². The van der Waals surface area contributed by atoms with Crippen LogP contribution in [0.3, 0.4) is 0 Å². The number of methoxy groups -OCH3 is 1. The molecule has 7 nitrogen and oxygen atoms in total. The predicted octanol–water partition coefficient (Wildman–Crippen LogP) is 4.00. The van der Waals surface area contributed by atoms with Crippen LogP contribution in [0.25, 0.3) is 22.0 Å². The average molecular weight is 398 g/mol. The van der Waals surface area contributed by atoms with Crippen molar-refractivity contribution < 1.29 is 4.74 Å². The molecule has 0 fully saturated rings. The fourth-order valence-corrected chi connectivity index (χ4v) is 3.45. The van der Waals surface area contributed by atoms with Crippen LogP contribution in [-0.4, -0.2) is 30.0 Å². The molecule has 0 aliphatic heterocycles. The smallest absolute Gasteiger partial charge is 0.229 e. The Morgan fingerprint density at radius 1 is 1.03 bits per heavy atom. The molecule has 1 aromatic heterocycles. The molecule has 150 valence electrons. The van der Waals surface area contributed by atoms with E-state index in [1.165, 1.54) is 4.57 Å². The highest BCUT2D eigenvalue weighted by Crippen LogP contribution is 2.32. The molecule has 0 amide bonds. The number of hydrogen-bond donors (Lipinski definition) is 3. The van der Waals surface area contributed by atoms with Gasteiger partial charge in [0.05, 0.1) is 19.0 Å². The summed E-state index contributed by atoms with van der Waals surface area (Å²) in [5, 5.41) is 16.7. The van der Waals surface area contributed by atoms with E-state index < -0.39 is 0 Å². The SMILES string of the molecule is COc1ccc(-c2cccc(N(C)c3nc(=N)n(C=N)c4cc(N)ccc34)c2)cc1. The number of ether oxygens (including phenoxy) is 1. The van der Waals surface area contributed by atoms with Gasteiger partial charge in [-0.2, -0.15) is 4.98 Å². The molecule has 0 saturated heterocycles. The lowest BCUT2D eigenvalue weighted by Crippen LogP contribution is -2.26. The van der Waals surface area contributed by atoms with Crippen molar-refractivity contribution in [2.75, 3.05) is 24.8 Å². The highest BCUT2D eigenvalue weighted by molar-refractivity contribution is 5.95. The topological polar surface area (TPSA) is 104 Å². The van der Waals surface area contributed by atoms with Gasteiger partial charge in [0.25, 0.3) is 0 Å². The van der Waals surface area contributed by atoms with Gasteiger partial charge in [-0.1, -0.05) is 24.3 Å². The minimum atomic E-state index is -0.0312. The minimum absolute atomic E-state index is 0.0312. The lowest BCUT2D eigenvalue weighted by atomic mass is 10.0. The number of nitrogens with one attached hydrogen (secondary N) is 2. The number of aromatic nitrogens is 2. The molecular weight excluding hydrogens is 376 g/mol. The first kappa shape index (κ1) is 19.2. The standard InChI is InChI=1S/C23H22N6O/c1-28(18-5-3-4-16(12-18)15-6-9-19(30-2)10-7-15)22-20-11-8-17(25)13-21(20)29(14-24)23(26)27-22/h3-14,24,26H,25H2,1-2H3. The summed E-state index contributed by atoms with van der Waals surface area (Å²) in [6, 6.07) is 21.5. The first-order valence-electron chi connectivity index (χ1n) is 9.37. The van der Waals surface area contributed by atoms with Gasteiger partial charge in [-0.3, -0.25) is 15.4 Å². The van der Waals surface area contributed by atoms with Gasteiger partial charge in [-0.15, -0.1) is 0 Å². The van der Waals surface area contributed by atoms with Crippen LogP contribution in [0.15, 0.2) is 66.7 Å². The molecule has 4 aromatic rings. The van der Waals surface area contributed by atoms with E-state index >= 15 is 0 Å². The summed E-state index contributed by atoms with van der Waals surface area (Å²) >= 11 is 0. The van der Waals surface area contributed by atoms with Crippen molar-refractivity contribution in [3.05, 3.63) is 72.3 Å². The van der Waals surface area contributed by atoms with E-state index in [0.717, 1.165) is 34.3 Å². The molecule has 0 aliphatic rings. The molecule has 4 rings (SSSR count). The highest BCUT2D eigenvalue weighted by Gasteiger charge is 2.14. The maximum atomic E-state index is 8.26. The Labute approximate surface area is 174 Å². The molecule has 0 unspecified atom stereocenters. The fourth-order valence-electron chi connectivity index (χ4n) is 3.45. The molecule has 0 bridgehead atoms. The second-order valence-corrected chi connectivity index (χ2v) is 6.87. The first-order chi connectivity index (χ1) is 14.5. The van der Waals surface area contributed by atoms with E-state index in [2.05, 4.69) is 17.1 Å². The molecule has 1 heterocycles. The van der Waals surface area contributed by atoms with Crippen molar-refractivity contribution in [2.24, 2.45) is 0 Å². The molecule has 7 heteroatoms. The molecule has 0 radical (unpaired) electrons. The summed E-state index contributed by atoms with van der Waals surface area (Å²) in [6.07, 6.45) is 1.07. The molecule has 3 aromatic carbocycles. The Bertz CT molecular complexity index is 1290. The van der Waals surface area contributed by atoms with E-state index in [9.17, 15) is 0 Å². The summed E-state index contributed by atoms with van der Waals surface area (Å²) in [5.74, 6) is 1.44. The minimum Gasteiger partial charge on any atom is -0.497 e. The van der Waals surface area contributed by atoms with Crippen LogP contribution < -0.4 is 21.0 Å². The van der Waals surface area contributed by atoms with E-state index in [1.807, 2.05) is 54.4 Å². The molecule has 0 atom stereocenters. The molecular formula is C23H22N6O. The Balaban J connectivity index is 1.82. The van der Waals surface area contributed by atoms with Gasteiger partial charge in [0.2, 0.25) is 5.62 Å². The van der Waals surface area contributed by atoms with Crippen molar-refractivity contribution in [1.82, 2.24) is 9.55 Å². The van der Waals surface area contributed by atoms with Gasteiger partial charge >= 0.3 is 0 Å².